The van der Waals surface area contributed by atoms with Gasteiger partial charge in [-0.2, -0.15) is 0 Å². The molecule has 1 saturated heterocycles. The quantitative estimate of drug-likeness (QED) is 0.0375. The highest BCUT2D eigenvalue weighted by molar-refractivity contribution is 6.35. The van der Waals surface area contributed by atoms with Crippen molar-refractivity contribution in [3.05, 3.63) is 124 Å². The number of nitro groups is 2. The average molecular weight is 1020 g/mol. The van der Waals surface area contributed by atoms with Crippen LogP contribution in [0.2, 0.25) is 20.1 Å². The summed E-state index contributed by atoms with van der Waals surface area (Å²) in [5, 5.41) is 47.7. The van der Waals surface area contributed by atoms with Crippen molar-refractivity contribution in [3.63, 3.8) is 0 Å². The zero-order chi connectivity index (χ0) is 49.9. The lowest BCUT2D eigenvalue weighted by molar-refractivity contribution is -0.385. The number of halogens is 4. The van der Waals surface area contributed by atoms with Gasteiger partial charge >= 0.3 is 6.09 Å². The number of benzene rings is 4. The number of nitrogens with one attached hydrogen (secondary N) is 3. The first-order valence-corrected chi connectivity index (χ1v) is 22.0. The molecule has 0 spiro atoms. The fourth-order valence-electron chi connectivity index (χ4n) is 4.99. The number of non-ortho nitro benzene ring substituents is 2. The Bertz CT molecular complexity index is 2240. The Morgan fingerprint density at radius 1 is 0.716 bits per heavy atom. The largest absolute Gasteiger partial charge is 0.507 e. The number of nitro benzene ring substituents is 2. The van der Waals surface area contributed by atoms with E-state index < -0.39 is 33.4 Å². The van der Waals surface area contributed by atoms with E-state index in [-0.39, 0.29) is 74.5 Å². The molecule has 3 amide bonds. The van der Waals surface area contributed by atoms with Gasteiger partial charge in [0, 0.05) is 60.7 Å². The molecule has 19 nitrogen and oxygen atoms in total. The number of phenols is 1. The van der Waals surface area contributed by atoms with Crippen LogP contribution in [0.3, 0.4) is 0 Å². The first-order chi connectivity index (χ1) is 31.8. The minimum atomic E-state index is -0.634. The number of hydrogen-bond donors (Lipinski definition) is 5. The number of anilines is 2. The molecule has 5 N–H and O–H groups in total. The maximum Gasteiger partial charge on any atom is 0.407 e. The molecule has 23 heteroatoms. The second kappa shape index (κ2) is 30.7. The van der Waals surface area contributed by atoms with Gasteiger partial charge in [0.15, 0.2) is 0 Å². The average Bonchev–Trinajstić information content (AvgIpc) is 3.87. The zero-order valence-corrected chi connectivity index (χ0v) is 40.1. The van der Waals surface area contributed by atoms with Gasteiger partial charge < -0.3 is 49.8 Å². The number of aromatic hydroxyl groups is 1. The summed E-state index contributed by atoms with van der Waals surface area (Å²) >= 11 is 23.6. The van der Waals surface area contributed by atoms with Crippen molar-refractivity contribution in [1.29, 1.82) is 0 Å². The standard InChI is InChI=1S/C18H18Cl2N2O5.C13H8Cl2N2O4.C9H19NO4.C4H8O/c1-2-7-26-8-9-27-17-6-3-12(19)10-14(17)18(23)21-16-5-4-13(22(24)25)11-15(16)20;14-7-1-4-12(18)9(5-7)13(19)16-11-3-2-8(17(20)21)6-10(11)15;1-9(2,3)14-8(12)10-4-6-13-7-5-11;1-2-4-5-3-1/h3-6,10-11H,2,7-9H2,1H3,(H,21,23);1-6,18H,(H,16,19);11H,4-7H2,1-3H3,(H,10,12);1-4H2. The predicted molar refractivity (Wildman–Crippen MR) is 255 cm³/mol. The molecule has 0 bridgehead atoms. The van der Waals surface area contributed by atoms with Gasteiger partial charge in [0.05, 0.1) is 68.8 Å². The van der Waals surface area contributed by atoms with E-state index in [1.54, 1.807) is 32.9 Å². The summed E-state index contributed by atoms with van der Waals surface area (Å²) in [4.78, 5) is 55.9. The molecule has 366 valence electrons. The van der Waals surface area contributed by atoms with Gasteiger partial charge in [-0.3, -0.25) is 29.8 Å². The SMILES string of the molecule is C1CCOC1.CC(C)(C)OC(=O)NCCOCCO.CCCOCCOc1ccc(Cl)cc1C(=O)Nc1ccc([N+](=O)[O-])cc1Cl.O=C(Nc1ccc([N+](=O)[O-])cc1Cl)c1cc(Cl)ccc1O. The lowest BCUT2D eigenvalue weighted by Gasteiger charge is -2.19. The highest BCUT2D eigenvalue weighted by atomic mass is 35.5. The Hall–Kier alpha value is -5.51. The normalized spacial score (nSPS) is 11.5. The summed E-state index contributed by atoms with van der Waals surface area (Å²) < 4.78 is 25.8. The van der Waals surface area contributed by atoms with Crippen LogP contribution < -0.4 is 20.7 Å². The van der Waals surface area contributed by atoms with Gasteiger partial charge in [0.2, 0.25) is 0 Å². The van der Waals surface area contributed by atoms with E-state index in [1.165, 1.54) is 61.4 Å². The fraction of sp³-hybridized carbons (Fsp3) is 0.386. The molecule has 4 aromatic carbocycles. The Labute approximate surface area is 407 Å². The van der Waals surface area contributed by atoms with Gasteiger partial charge in [-0.05, 0) is 88.6 Å². The molecule has 1 heterocycles. The Balaban J connectivity index is 0.000000341. The number of ether oxygens (including phenoxy) is 5. The maximum absolute atomic E-state index is 12.6. The molecular weight excluding hydrogens is 964 g/mol. The van der Waals surface area contributed by atoms with E-state index in [2.05, 4.69) is 16.0 Å². The lowest BCUT2D eigenvalue weighted by atomic mass is 10.1. The van der Waals surface area contributed by atoms with Gasteiger partial charge in [0.1, 0.15) is 23.7 Å². The molecule has 0 radical (unpaired) electrons. The number of rotatable bonds is 17. The van der Waals surface area contributed by atoms with E-state index in [1.807, 2.05) is 6.92 Å². The fourth-order valence-corrected chi connectivity index (χ4v) is 5.77. The highest BCUT2D eigenvalue weighted by Gasteiger charge is 2.19. The van der Waals surface area contributed by atoms with E-state index >= 15 is 0 Å². The van der Waals surface area contributed by atoms with Crippen LogP contribution in [0.5, 0.6) is 11.5 Å². The van der Waals surface area contributed by atoms with Crippen molar-refractivity contribution in [2.75, 3.05) is 70.0 Å². The third-order valence-corrected chi connectivity index (χ3v) is 9.12. The monoisotopic (exact) mass is 1020 g/mol. The predicted octanol–water partition coefficient (Wildman–Crippen LogP) is 10.1. The number of alkyl carbamates (subject to hydrolysis) is 1. The summed E-state index contributed by atoms with van der Waals surface area (Å²) in [7, 11) is 0. The van der Waals surface area contributed by atoms with Gasteiger partial charge in [0.25, 0.3) is 23.2 Å². The molecular formula is C44H53Cl4N5O14. The Morgan fingerprint density at radius 2 is 1.24 bits per heavy atom. The van der Waals surface area contributed by atoms with Gasteiger partial charge in [-0.15, -0.1) is 0 Å². The summed E-state index contributed by atoms with van der Waals surface area (Å²) in [5.41, 5.74) is -0.225. The third-order valence-electron chi connectivity index (χ3n) is 8.02. The van der Waals surface area contributed by atoms with Crippen molar-refractivity contribution in [1.82, 2.24) is 5.32 Å². The van der Waals surface area contributed by atoms with Gasteiger partial charge in [-0.25, -0.2) is 4.79 Å². The van der Waals surface area contributed by atoms with Gasteiger partial charge in [-0.1, -0.05) is 53.3 Å². The molecule has 67 heavy (non-hydrogen) atoms. The number of phenolic OH excluding ortho intramolecular Hbond substituents is 1. The molecule has 4 aromatic rings. The van der Waals surface area contributed by atoms with Crippen LogP contribution in [0.15, 0.2) is 72.8 Å². The van der Waals surface area contributed by atoms with Crippen LogP contribution in [0, 0.1) is 20.2 Å². The number of aliphatic hydroxyl groups excluding tert-OH is 1. The second-order valence-electron chi connectivity index (χ2n) is 14.6. The van der Waals surface area contributed by atoms with Crippen molar-refractivity contribution in [3.8, 4) is 11.5 Å². The lowest BCUT2D eigenvalue weighted by Crippen LogP contribution is -2.34. The molecule has 0 aromatic heterocycles. The molecule has 0 saturated carbocycles. The van der Waals surface area contributed by atoms with E-state index in [0.717, 1.165) is 31.8 Å². The number of aliphatic hydroxyl groups is 1. The van der Waals surface area contributed by atoms with E-state index in [4.69, 9.17) is 75.2 Å². The molecule has 1 aliphatic rings. The summed E-state index contributed by atoms with van der Waals surface area (Å²) in [6, 6.07) is 16.1. The summed E-state index contributed by atoms with van der Waals surface area (Å²) in [6.07, 6.45) is 3.01. The number of carbonyl (C=O) groups excluding carboxylic acids is 3. The highest BCUT2D eigenvalue weighted by Crippen LogP contribution is 2.31. The van der Waals surface area contributed by atoms with Crippen molar-refractivity contribution >= 4 is 87.1 Å². The number of amides is 3. The van der Waals surface area contributed by atoms with Crippen LogP contribution in [0.4, 0.5) is 27.5 Å². The molecule has 0 unspecified atom stereocenters. The molecule has 0 atom stereocenters. The van der Waals surface area contributed by atoms with Crippen LogP contribution in [-0.2, 0) is 18.9 Å². The first kappa shape index (κ1) is 57.6. The molecule has 1 aliphatic heterocycles. The van der Waals surface area contributed by atoms with Crippen molar-refractivity contribution < 1.29 is 58.1 Å². The second-order valence-corrected chi connectivity index (χ2v) is 16.3. The zero-order valence-electron chi connectivity index (χ0n) is 37.1. The third kappa shape index (κ3) is 23.2. The number of nitrogens with zero attached hydrogens (tertiary/aromatic N) is 2. The number of hydrogen-bond acceptors (Lipinski definition) is 14. The van der Waals surface area contributed by atoms with E-state index in [9.17, 15) is 39.7 Å². The van der Waals surface area contributed by atoms with Crippen molar-refractivity contribution in [2.24, 2.45) is 0 Å². The smallest absolute Gasteiger partial charge is 0.407 e. The van der Waals surface area contributed by atoms with Crippen LogP contribution in [-0.4, -0.2) is 103 Å². The summed E-state index contributed by atoms with van der Waals surface area (Å²) in [5.74, 6) is -1.03. The molecule has 5 rings (SSSR count). The first-order valence-electron chi connectivity index (χ1n) is 20.5. The summed E-state index contributed by atoms with van der Waals surface area (Å²) in [6.45, 7) is 11.8. The van der Waals surface area contributed by atoms with Crippen molar-refractivity contribution in [2.45, 2.75) is 52.6 Å². The molecule has 0 aliphatic carbocycles. The van der Waals surface area contributed by atoms with Crippen LogP contribution in [0.25, 0.3) is 0 Å². The Kier molecular flexibility index (Phi) is 26.4. The Morgan fingerprint density at radius 3 is 1.72 bits per heavy atom. The van der Waals surface area contributed by atoms with Crippen LogP contribution >= 0.6 is 46.4 Å². The minimum absolute atomic E-state index is 0.00750. The van der Waals surface area contributed by atoms with E-state index in [0.29, 0.717) is 37.1 Å². The maximum atomic E-state index is 12.6. The topological polar surface area (TPSA) is 260 Å². The minimum Gasteiger partial charge on any atom is -0.507 e. The molecule has 1 fully saturated rings. The van der Waals surface area contributed by atoms with Crippen LogP contribution in [0.1, 0.15) is 67.7 Å². The number of carbonyl (C=O) groups is 3.